The van der Waals surface area contributed by atoms with Crippen LogP contribution in [0.2, 0.25) is 0 Å². The Labute approximate surface area is 177 Å². The van der Waals surface area contributed by atoms with E-state index in [4.69, 9.17) is 14.2 Å². The Balaban J connectivity index is 1.68. The highest BCUT2D eigenvalue weighted by atomic mass is 79.9. The summed E-state index contributed by atoms with van der Waals surface area (Å²) >= 11 is 3.33. The third-order valence-electron chi connectivity index (χ3n) is 5.72. The van der Waals surface area contributed by atoms with E-state index in [1.165, 1.54) is 12.1 Å². The van der Waals surface area contributed by atoms with Gasteiger partial charge in [-0.3, -0.25) is 24.7 Å². The van der Waals surface area contributed by atoms with Gasteiger partial charge < -0.3 is 14.2 Å². The molecule has 1 aromatic rings. The Morgan fingerprint density at radius 1 is 1.03 bits per heavy atom. The molecular weight excluding hydrogens is 446 g/mol. The minimum absolute atomic E-state index is 0.0962. The minimum Gasteiger partial charge on any atom is -0.490 e. The molecule has 0 bridgehead atoms. The molecule has 0 spiro atoms. The molecule has 3 aliphatic rings. The summed E-state index contributed by atoms with van der Waals surface area (Å²) in [6.07, 6.45) is 0. The highest BCUT2D eigenvalue weighted by Gasteiger charge is 2.47. The number of carbonyl (C=O) groups excluding carboxylic acids is 1. The van der Waals surface area contributed by atoms with Gasteiger partial charge in [0.25, 0.3) is 5.69 Å². The van der Waals surface area contributed by atoms with Gasteiger partial charge in [0.2, 0.25) is 0 Å². The van der Waals surface area contributed by atoms with Gasteiger partial charge in [-0.15, -0.1) is 0 Å². The van der Waals surface area contributed by atoms with Crippen LogP contribution in [0.1, 0.15) is 10.4 Å². The molecule has 29 heavy (non-hydrogen) atoms. The average molecular weight is 470 g/mol. The fourth-order valence-electron chi connectivity index (χ4n) is 4.22. The number of rotatable bonds is 5. The number of ether oxygens (including phenoxy) is 3. The number of morpholine rings is 2. The van der Waals surface area contributed by atoms with Gasteiger partial charge in [-0.25, -0.2) is 0 Å². The van der Waals surface area contributed by atoms with Crippen LogP contribution in [-0.2, 0) is 9.47 Å². The molecule has 0 aliphatic carbocycles. The summed E-state index contributed by atoms with van der Waals surface area (Å²) in [5, 5.41) is 11.3. The molecule has 2 saturated heterocycles. The van der Waals surface area contributed by atoms with Crippen LogP contribution in [0.15, 0.2) is 16.6 Å². The molecule has 0 saturated carbocycles. The number of carbonyl (C=O) groups is 1. The van der Waals surface area contributed by atoms with Crippen LogP contribution in [0, 0.1) is 15.5 Å². The summed E-state index contributed by atoms with van der Waals surface area (Å²) in [7, 11) is 0. The Morgan fingerprint density at radius 3 is 2.10 bits per heavy atom. The molecule has 10 heteroatoms. The summed E-state index contributed by atoms with van der Waals surface area (Å²) in [5.74, 6) is 0.293. The number of non-ortho nitro benzene ring substituents is 1. The van der Waals surface area contributed by atoms with E-state index in [0.717, 1.165) is 26.2 Å². The molecular formula is C19H24BrN3O6. The van der Waals surface area contributed by atoms with Crippen molar-refractivity contribution < 1.29 is 23.9 Å². The second kappa shape index (κ2) is 8.65. The van der Waals surface area contributed by atoms with E-state index in [-0.39, 0.29) is 23.6 Å². The van der Waals surface area contributed by atoms with Gasteiger partial charge >= 0.3 is 0 Å². The van der Waals surface area contributed by atoms with Gasteiger partial charge in [-0.1, -0.05) is 0 Å². The molecule has 2 fully saturated rings. The van der Waals surface area contributed by atoms with Crippen molar-refractivity contribution in [1.82, 2.24) is 9.80 Å². The number of Topliss-reactive ketones (excluding diaryl/α,β-unsaturated/α-hetero) is 1. The third kappa shape index (κ3) is 4.31. The number of benzene rings is 1. The number of halogens is 1. The highest BCUT2D eigenvalue weighted by molar-refractivity contribution is 9.10. The Bertz CT molecular complexity index is 772. The van der Waals surface area contributed by atoms with E-state index in [1.54, 1.807) is 0 Å². The monoisotopic (exact) mass is 469 g/mol. The largest absolute Gasteiger partial charge is 0.490 e. The number of fused-ring (bicyclic) bond motifs is 1. The summed E-state index contributed by atoms with van der Waals surface area (Å²) in [5.41, 5.74) is -0.643. The molecule has 0 atom stereocenters. The SMILES string of the molecule is O=C1c2cc([N+](=O)[O-])cc(Br)c2OCC1(CN1CCOCC1)CN1CCOCC1. The summed E-state index contributed by atoms with van der Waals surface area (Å²) in [6, 6.07) is 2.72. The molecule has 0 aromatic heterocycles. The lowest BCUT2D eigenvalue weighted by atomic mass is 9.77. The maximum absolute atomic E-state index is 13.8. The highest BCUT2D eigenvalue weighted by Crippen LogP contribution is 2.42. The first-order chi connectivity index (χ1) is 14.0. The molecule has 0 amide bonds. The van der Waals surface area contributed by atoms with E-state index in [0.29, 0.717) is 49.7 Å². The van der Waals surface area contributed by atoms with E-state index in [2.05, 4.69) is 25.7 Å². The van der Waals surface area contributed by atoms with E-state index < -0.39 is 10.3 Å². The lowest BCUT2D eigenvalue weighted by molar-refractivity contribution is -0.385. The van der Waals surface area contributed by atoms with Crippen molar-refractivity contribution in [3.63, 3.8) is 0 Å². The van der Waals surface area contributed by atoms with Crippen molar-refractivity contribution >= 4 is 27.4 Å². The fraction of sp³-hybridized carbons (Fsp3) is 0.632. The smallest absolute Gasteiger partial charge is 0.271 e. The van der Waals surface area contributed by atoms with Gasteiger partial charge in [-0.2, -0.15) is 0 Å². The van der Waals surface area contributed by atoms with Crippen molar-refractivity contribution in [2.45, 2.75) is 0 Å². The summed E-state index contributed by atoms with van der Waals surface area (Å²) < 4.78 is 17.4. The van der Waals surface area contributed by atoms with Crippen molar-refractivity contribution in [3.8, 4) is 5.75 Å². The lowest BCUT2D eigenvalue weighted by Crippen LogP contribution is -2.57. The number of nitro benzene ring substituents is 1. The Morgan fingerprint density at radius 2 is 1.59 bits per heavy atom. The van der Waals surface area contributed by atoms with E-state index >= 15 is 0 Å². The normalized spacial score (nSPS) is 22.7. The first kappa shape index (κ1) is 20.7. The molecule has 0 N–H and O–H groups in total. The number of hydrogen-bond donors (Lipinski definition) is 0. The molecule has 4 rings (SSSR count). The van der Waals surface area contributed by atoms with Crippen LogP contribution in [0.25, 0.3) is 0 Å². The summed E-state index contributed by atoms with van der Waals surface area (Å²) in [4.78, 5) is 29.1. The average Bonchev–Trinajstić information content (AvgIpc) is 2.72. The van der Waals surface area contributed by atoms with Crippen LogP contribution in [-0.4, -0.2) is 92.8 Å². The van der Waals surface area contributed by atoms with E-state index in [1.807, 2.05) is 0 Å². The van der Waals surface area contributed by atoms with Crippen molar-refractivity contribution in [2.24, 2.45) is 5.41 Å². The molecule has 9 nitrogen and oxygen atoms in total. The van der Waals surface area contributed by atoms with Gasteiger partial charge in [-0.05, 0) is 15.9 Å². The Hall–Kier alpha value is -1.59. The first-order valence-electron chi connectivity index (χ1n) is 9.74. The van der Waals surface area contributed by atoms with Gasteiger partial charge in [0.1, 0.15) is 12.4 Å². The topological polar surface area (TPSA) is 94.4 Å². The second-order valence-corrected chi connectivity index (χ2v) is 8.59. The van der Waals surface area contributed by atoms with Crippen LogP contribution in [0.3, 0.4) is 0 Å². The van der Waals surface area contributed by atoms with Crippen LogP contribution in [0.5, 0.6) is 5.75 Å². The number of hydrogen-bond acceptors (Lipinski definition) is 8. The molecule has 158 valence electrons. The Kier molecular flexibility index (Phi) is 6.16. The van der Waals surface area contributed by atoms with Gasteiger partial charge in [0, 0.05) is 51.4 Å². The van der Waals surface area contributed by atoms with E-state index in [9.17, 15) is 14.9 Å². The number of nitro groups is 1. The van der Waals surface area contributed by atoms with Crippen molar-refractivity contribution in [3.05, 3.63) is 32.3 Å². The zero-order valence-electron chi connectivity index (χ0n) is 16.1. The van der Waals surface area contributed by atoms with Crippen molar-refractivity contribution in [2.75, 3.05) is 72.3 Å². The number of nitrogens with zero attached hydrogens (tertiary/aromatic N) is 3. The van der Waals surface area contributed by atoms with Crippen LogP contribution < -0.4 is 4.74 Å². The molecule has 3 heterocycles. The lowest BCUT2D eigenvalue weighted by Gasteiger charge is -2.44. The zero-order valence-corrected chi connectivity index (χ0v) is 17.7. The minimum atomic E-state index is -0.795. The molecule has 0 radical (unpaired) electrons. The first-order valence-corrected chi connectivity index (χ1v) is 10.5. The quantitative estimate of drug-likeness (QED) is 0.473. The van der Waals surface area contributed by atoms with Crippen molar-refractivity contribution in [1.29, 1.82) is 0 Å². The maximum Gasteiger partial charge on any atom is 0.271 e. The maximum atomic E-state index is 13.8. The second-order valence-electron chi connectivity index (χ2n) is 7.74. The number of ketones is 1. The van der Waals surface area contributed by atoms with Gasteiger partial charge in [0.05, 0.1) is 46.8 Å². The predicted molar refractivity (Wildman–Crippen MR) is 108 cm³/mol. The van der Waals surface area contributed by atoms with Gasteiger partial charge in [0.15, 0.2) is 5.78 Å². The van der Waals surface area contributed by atoms with Crippen LogP contribution in [0.4, 0.5) is 5.69 Å². The zero-order chi connectivity index (χ0) is 20.4. The predicted octanol–water partition coefficient (Wildman–Crippen LogP) is 1.58. The standard InChI is InChI=1S/C19H24BrN3O6/c20-16-10-14(23(25)26)9-15-17(16)29-13-19(18(15)24,11-21-1-5-27-6-2-21)12-22-3-7-28-8-4-22/h9-10H,1-8,11-13H2. The molecule has 3 aliphatic heterocycles. The van der Waals surface area contributed by atoms with Crippen LogP contribution >= 0.6 is 15.9 Å². The molecule has 1 aromatic carbocycles. The molecule has 0 unspecified atom stereocenters. The third-order valence-corrected chi connectivity index (χ3v) is 6.31. The summed E-state index contributed by atoms with van der Waals surface area (Å²) in [6.45, 7) is 6.86. The fourth-order valence-corrected chi connectivity index (χ4v) is 4.78.